The smallest absolute Gasteiger partial charge is 0.293 e. The lowest BCUT2D eigenvalue weighted by molar-refractivity contribution is -0.384. The first-order valence-corrected chi connectivity index (χ1v) is 8.87. The molecule has 142 valence electrons. The molecule has 1 aliphatic rings. The van der Waals surface area contributed by atoms with Gasteiger partial charge in [0.1, 0.15) is 5.69 Å². The molecular formula is C20H23N3O4. The summed E-state index contributed by atoms with van der Waals surface area (Å²) in [6.07, 6.45) is 0. The second-order valence-corrected chi connectivity index (χ2v) is 6.79. The van der Waals surface area contributed by atoms with Crippen molar-refractivity contribution < 1.29 is 14.5 Å². The number of benzene rings is 2. The molecule has 0 atom stereocenters. The Hall–Kier alpha value is -2.93. The average Bonchev–Trinajstić information content (AvgIpc) is 2.64. The molecule has 0 radical (unpaired) electrons. The number of carbonyl (C=O) groups excluding carboxylic acids is 1. The molecule has 2 aromatic carbocycles. The van der Waals surface area contributed by atoms with E-state index in [1.165, 1.54) is 6.07 Å². The maximum absolute atomic E-state index is 12.7. The molecular weight excluding hydrogens is 346 g/mol. The van der Waals surface area contributed by atoms with Crippen molar-refractivity contribution >= 4 is 23.0 Å². The van der Waals surface area contributed by atoms with Gasteiger partial charge in [-0.25, -0.2) is 0 Å². The summed E-state index contributed by atoms with van der Waals surface area (Å²) in [6.45, 7) is 8.11. The normalized spacial score (nSPS) is 14.1. The Labute approximate surface area is 158 Å². The van der Waals surface area contributed by atoms with Gasteiger partial charge in [0, 0.05) is 30.4 Å². The van der Waals surface area contributed by atoms with E-state index in [4.69, 9.17) is 4.74 Å². The number of anilines is 2. The summed E-state index contributed by atoms with van der Waals surface area (Å²) < 4.78 is 5.30. The maximum Gasteiger partial charge on any atom is 0.293 e. The average molecular weight is 369 g/mol. The van der Waals surface area contributed by atoms with E-state index in [9.17, 15) is 14.9 Å². The Morgan fingerprint density at radius 2 is 1.74 bits per heavy atom. The lowest BCUT2D eigenvalue weighted by atomic mass is 10.0. The van der Waals surface area contributed by atoms with Crippen molar-refractivity contribution in [2.24, 2.45) is 0 Å². The van der Waals surface area contributed by atoms with Gasteiger partial charge in [0.25, 0.3) is 11.6 Å². The van der Waals surface area contributed by atoms with Gasteiger partial charge in [-0.15, -0.1) is 0 Å². The monoisotopic (exact) mass is 369 g/mol. The first kappa shape index (κ1) is 18.8. The fourth-order valence-corrected chi connectivity index (χ4v) is 3.45. The van der Waals surface area contributed by atoms with Gasteiger partial charge >= 0.3 is 0 Å². The van der Waals surface area contributed by atoms with E-state index in [2.05, 4.69) is 5.32 Å². The van der Waals surface area contributed by atoms with Gasteiger partial charge in [-0.3, -0.25) is 14.9 Å². The van der Waals surface area contributed by atoms with Crippen LogP contribution >= 0.6 is 0 Å². The van der Waals surface area contributed by atoms with Crippen LogP contribution in [0.4, 0.5) is 17.1 Å². The van der Waals surface area contributed by atoms with Crippen LogP contribution in [-0.2, 0) is 4.74 Å². The van der Waals surface area contributed by atoms with Crippen molar-refractivity contribution in [3.8, 4) is 0 Å². The minimum absolute atomic E-state index is 0.0677. The van der Waals surface area contributed by atoms with E-state index < -0.39 is 4.92 Å². The van der Waals surface area contributed by atoms with Gasteiger partial charge in [0.15, 0.2) is 0 Å². The topological polar surface area (TPSA) is 84.7 Å². The van der Waals surface area contributed by atoms with Crippen LogP contribution in [0.1, 0.15) is 27.0 Å². The van der Waals surface area contributed by atoms with E-state index >= 15 is 0 Å². The van der Waals surface area contributed by atoms with Crippen LogP contribution in [0.15, 0.2) is 30.3 Å². The summed E-state index contributed by atoms with van der Waals surface area (Å²) in [7, 11) is 0. The molecule has 1 N–H and O–H groups in total. The molecule has 0 spiro atoms. The molecule has 7 nitrogen and oxygen atoms in total. The molecule has 0 aliphatic carbocycles. The minimum Gasteiger partial charge on any atom is -0.378 e. The Morgan fingerprint density at radius 1 is 1.11 bits per heavy atom. The third-order valence-corrected chi connectivity index (χ3v) is 4.70. The highest BCUT2D eigenvalue weighted by molar-refractivity contribution is 6.06. The van der Waals surface area contributed by atoms with E-state index in [1.807, 2.05) is 37.8 Å². The number of nitro benzene ring substituents is 1. The largest absolute Gasteiger partial charge is 0.378 e. The third kappa shape index (κ3) is 4.09. The molecule has 1 amide bonds. The molecule has 0 unspecified atom stereocenters. The summed E-state index contributed by atoms with van der Waals surface area (Å²) in [5.41, 5.74) is 4.49. The molecule has 27 heavy (non-hydrogen) atoms. The van der Waals surface area contributed by atoms with Gasteiger partial charge in [-0.2, -0.15) is 0 Å². The number of aryl methyl sites for hydroxylation is 3. The number of carbonyl (C=O) groups is 1. The first-order chi connectivity index (χ1) is 12.9. The molecule has 1 saturated heterocycles. The van der Waals surface area contributed by atoms with E-state index in [1.54, 1.807) is 12.1 Å². The first-order valence-electron chi connectivity index (χ1n) is 8.87. The predicted octanol–water partition coefficient (Wildman–Crippen LogP) is 3.61. The van der Waals surface area contributed by atoms with Crippen LogP contribution in [0.5, 0.6) is 0 Å². The van der Waals surface area contributed by atoms with Crippen LogP contribution < -0.4 is 10.2 Å². The summed E-state index contributed by atoms with van der Waals surface area (Å²) in [6, 6.07) is 8.61. The van der Waals surface area contributed by atoms with Gasteiger partial charge in [0.2, 0.25) is 0 Å². The number of ether oxygens (including phenoxy) is 1. The standard InChI is InChI=1S/C20H23N3O4/c1-13-10-14(2)19(15(3)11-13)21-20(24)16-4-5-17(18(12-16)23(25)26)22-6-8-27-9-7-22/h4-5,10-12H,6-9H2,1-3H3,(H,21,24). The Bertz CT molecular complexity index is 866. The predicted molar refractivity (Wildman–Crippen MR) is 105 cm³/mol. The van der Waals surface area contributed by atoms with Crippen LogP contribution in [0.25, 0.3) is 0 Å². The summed E-state index contributed by atoms with van der Waals surface area (Å²) >= 11 is 0. The zero-order chi connectivity index (χ0) is 19.6. The number of nitro groups is 1. The van der Waals surface area contributed by atoms with Crippen LogP contribution in [0.2, 0.25) is 0 Å². The molecule has 3 rings (SSSR count). The van der Waals surface area contributed by atoms with Crippen molar-refractivity contribution in [1.82, 2.24) is 0 Å². The molecule has 1 aliphatic heterocycles. The van der Waals surface area contributed by atoms with Gasteiger partial charge < -0.3 is 15.0 Å². The summed E-state index contributed by atoms with van der Waals surface area (Å²) in [5, 5.41) is 14.5. The van der Waals surface area contributed by atoms with Crippen molar-refractivity contribution in [2.45, 2.75) is 20.8 Å². The highest BCUT2D eigenvalue weighted by atomic mass is 16.6. The van der Waals surface area contributed by atoms with Crippen molar-refractivity contribution in [2.75, 3.05) is 36.5 Å². The molecule has 7 heteroatoms. The second-order valence-electron chi connectivity index (χ2n) is 6.79. The fourth-order valence-electron chi connectivity index (χ4n) is 3.45. The third-order valence-electron chi connectivity index (χ3n) is 4.70. The number of morpholine rings is 1. The van der Waals surface area contributed by atoms with Gasteiger partial charge in [0.05, 0.1) is 18.1 Å². The number of nitrogens with zero attached hydrogens (tertiary/aromatic N) is 2. The SMILES string of the molecule is Cc1cc(C)c(NC(=O)c2ccc(N3CCOCC3)c([N+](=O)[O-])c2)c(C)c1. The second kappa shape index (κ2) is 7.75. The summed E-state index contributed by atoms with van der Waals surface area (Å²) in [5.74, 6) is -0.360. The number of rotatable bonds is 4. The maximum atomic E-state index is 12.7. The molecule has 0 saturated carbocycles. The molecule has 1 fully saturated rings. The molecule has 0 bridgehead atoms. The van der Waals surface area contributed by atoms with Crippen LogP contribution in [-0.4, -0.2) is 37.1 Å². The number of hydrogen-bond donors (Lipinski definition) is 1. The molecule has 1 heterocycles. The number of hydrogen-bond acceptors (Lipinski definition) is 5. The Balaban J connectivity index is 1.89. The molecule has 0 aromatic heterocycles. The highest BCUT2D eigenvalue weighted by Gasteiger charge is 2.23. The van der Waals surface area contributed by atoms with E-state index in [0.717, 1.165) is 22.4 Å². The highest BCUT2D eigenvalue weighted by Crippen LogP contribution is 2.30. The zero-order valence-electron chi connectivity index (χ0n) is 15.7. The Morgan fingerprint density at radius 3 is 2.33 bits per heavy atom. The van der Waals surface area contributed by atoms with Crippen LogP contribution in [0, 0.1) is 30.9 Å². The summed E-state index contributed by atoms with van der Waals surface area (Å²) in [4.78, 5) is 25.7. The van der Waals surface area contributed by atoms with Gasteiger partial charge in [-0.1, -0.05) is 17.7 Å². The van der Waals surface area contributed by atoms with Crippen LogP contribution in [0.3, 0.4) is 0 Å². The molecule has 2 aromatic rings. The van der Waals surface area contributed by atoms with Crippen molar-refractivity contribution in [3.63, 3.8) is 0 Å². The Kier molecular flexibility index (Phi) is 5.41. The fraction of sp³-hybridized carbons (Fsp3) is 0.350. The van der Waals surface area contributed by atoms with E-state index in [0.29, 0.717) is 32.0 Å². The zero-order valence-corrected chi connectivity index (χ0v) is 15.7. The lowest BCUT2D eigenvalue weighted by Crippen LogP contribution is -2.36. The quantitative estimate of drug-likeness (QED) is 0.657. The lowest BCUT2D eigenvalue weighted by Gasteiger charge is -2.28. The van der Waals surface area contributed by atoms with Crippen molar-refractivity contribution in [1.29, 1.82) is 0 Å². The van der Waals surface area contributed by atoms with Crippen molar-refractivity contribution in [3.05, 3.63) is 62.7 Å². The number of amides is 1. The minimum atomic E-state index is -0.441. The number of nitrogens with one attached hydrogen (secondary N) is 1. The van der Waals surface area contributed by atoms with Gasteiger partial charge in [-0.05, 0) is 44.0 Å². The van der Waals surface area contributed by atoms with E-state index in [-0.39, 0.29) is 17.2 Å².